The zero-order valence-corrected chi connectivity index (χ0v) is 22.5. The van der Waals surface area contributed by atoms with Crippen molar-refractivity contribution in [1.82, 2.24) is 4.90 Å². The molecule has 3 aliphatic rings. The lowest BCUT2D eigenvalue weighted by atomic mass is 9.95. The number of hydrogen-bond donors (Lipinski definition) is 0. The highest BCUT2D eigenvalue weighted by molar-refractivity contribution is 7.59. The summed E-state index contributed by atoms with van der Waals surface area (Å²) in [7, 11) is 0. The van der Waals surface area contributed by atoms with E-state index in [4.69, 9.17) is 0 Å². The molecule has 1 aromatic heterocycles. The van der Waals surface area contributed by atoms with Crippen LogP contribution in [-0.4, -0.2) is 42.4 Å². The van der Waals surface area contributed by atoms with Crippen molar-refractivity contribution in [2.24, 2.45) is 0 Å². The molecule has 0 amide bonds. The van der Waals surface area contributed by atoms with Crippen LogP contribution in [-0.2, 0) is 0 Å². The third kappa shape index (κ3) is 5.52. The average molecular weight is 537 g/mol. The molecular weight excluding hydrogens is 501 g/mol. The highest BCUT2D eigenvalue weighted by Gasteiger charge is 2.34. The van der Waals surface area contributed by atoms with Crippen molar-refractivity contribution in [2.45, 2.75) is 38.8 Å². The van der Waals surface area contributed by atoms with Gasteiger partial charge in [-0.2, -0.15) is 27.0 Å². The van der Waals surface area contributed by atoms with Crippen LogP contribution >= 0.6 is 38.3 Å². The SMILES string of the molecule is C.O=C(CCN1C[C@@H]2C/C=C\C[C@H]1CN2c1ccc2ccccc2c1)c1csc2ccccc12.S.S. The van der Waals surface area contributed by atoms with E-state index < -0.39 is 0 Å². The minimum atomic E-state index is 0. The predicted octanol–water partition coefficient (Wildman–Crippen LogP) is 7.40. The Labute approximate surface area is 232 Å². The number of carbonyl (C=O) groups excluding carboxylic acids is 1. The molecule has 0 radical (unpaired) electrons. The van der Waals surface area contributed by atoms with E-state index >= 15 is 0 Å². The molecule has 3 aliphatic heterocycles. The summed E-state index contributed by atoms with van der Waals surface area (Å²) in [6.07, 6.45) is 7.38. The van der Waals surface area contributed by atoms with Gasteiger partial charge in [-0.3, -0.25) is 9.69 Å². The van der Waals surface area contributed by atoms with Crippen molar-refractivity contribution >= 4 is 70.7 Å². The lowest BCUT2D eigenvalue weighted by Gasteiger charge is -2.48. The quantitative estimate of drug-likeness (QED) is 0.196. The van der Waals surface area contributed by atoms with Crippen LogP contribution in [0.2, 0.25) is 0 Å². The Morgan fingerprint density at radius 2 is 1.58 bits per heavy atom. The van der Waals surface area contributed by atoms with Gasteiger partial charge in [0.25, 0.3) is 0 Å². The van der Waals surface area contributed by atoms with Crippen LogP contribution < -0.4 is 4.90 Å². The van der Waals surface area contributed by atoms with E-state index in [0.717, 1.165) is 43.4 Å². The van der Waals surface area contributed by atoms with E-state index in [1.165, 1.54) is 21.2 Å². The number of fused-ring (bicyclic) bond motifs is 6. The zero-order valence-electron chi connectivity index (χ0n) is 19.7. The number of nitrogens with zero attached hydrogens (tertiary/aromatic N) is 2. The van der Waals surface area contributed by atoms with Crippen molar-refractivity contribution in [2.75, 3.05) is 24.5 Å². The first-order valence-corrected chi connectivity index (χ1v) is 12.8. The summed E-state index contributed by atoms with van der Waals surface area (Å²) in [5, 5.41) is 5.73. The zero-order chi connectivity index (χ0) is 22.2. The first kappa shape index (κ1) is 28.3. The second kappa shape index (κ2) is 12.3. The van der Waals surface area contributed by atoms with Crippen LogP contribution in [0.25, 0.3) is 20.9 Å². The molecule has 0 spiro atoms. The van der Waals surface area contributed by atoms with Gasteiger partial charge >= 0.3 is 0 Å². The number of ketones is 1. The lowest BCUT2D eigenvalue weighted by Crippen LogP contribution is -2.59. The van der Waals surface area contributed by atoms with Gasteiger partial charge in [-0.25, -0.2) is 0 Å². The van der Waals surface area contributed by atoms with Gasteiger partial charge in [-0.15, -0.1) is 11.3 Å². The van der Waals surface area contributed by atoms with E-state index in [9.17, 15) is 4.79 Å². The Morgan fingerprint density at radius 1 is 0.861 bits per heavy atom. The Balaban J connectivity index is 0.00000120. The van der Waals surface area contributed by atoms with E-state index in [1.807, 2.05) is 17.5 Å². The molecule has 3 nitrogen and oxygen atoms in total. The van der Waals surface area contributed by atoms with Gasteiger partial charge in [0.2, 0.25) is 0 Å². The molecule has 1 saturated heterocycles. The molecule has 36 heavy (non-hydrogen) atoms. The Bertz CT molecular complexity index is 1350. The molecule has 4 aromatic rings. The molecule has 1 fully saturated rings. The van der Waals surface area contributed by atoms with Gasteiger partial charge in [-0.05, 0) is 41.8 Å². The van der Waals surface area contributed by atoms with Gasteiger partial charge in [0.05, 0.1) is 0 Å². The largest absolute Gasteiger partial charge is 0.365 e. The summed E-state index contributed by atoms with van der Waals surface area (Å²) in [4.78, 5) is 18.3. The molecule has 2 atom stereocenters. The molecule has 190 valence electrons. The summed E-state index contributed by atoms with van der Waals surface area (Å²) in [6.45, 7) is 2.87. The van der Waals surface area contributed by atoms with Gasteiger partial charge in [0, 0.05) is 64.9 Å². The third-order valence-corrected chi connectivity index (χ3v) is 8.23. The molecule has 0 saturated carbocycles. The number of carbonyl (C=O) groups is 1. The fourth-order valence-corrected chi connectivity index (χ4v) is 6.43. The summed E-state index contributed by atoms with van der Waals surface area (Å²) in [5.41, 5.74) is 2.21. The van der Waals surface area contributed by atoms with Crippen LogP contribution in [0.3, 0.4) is 0 Å². The van der Waals surface area contributed by atoms with Crippen LogP contribution in [0.4, 0.5) is 5.69 Å². The summed E-state index contributed by atoms with van der Waals surface area (Å²) >= 11 is 1.67. The number of rotatable bonds is 5. The summed E-state index contributed by atoms with van der Waals surface area (Å²) in [5.74, 6) is 0.271. The Kier molecular flexibility index (Phi) is 9.70. The highest BCUT2D eigenvalue weighted by atomic mass is 32.1. The van der Waals surface area contributed by atoms with Crippen molar-refractivity contribution in [1.29, 1.82) is 0 Å². The smallest absolute Gasteiger partial charge is 0.165 e. The fourth-order valence-electron chi connectivity index (χ4n) is 5.46. The van der Waals surface area contributed by atoms with Gasteiger partial charge in [-0.1, -0.05) is 68.1 Å². The molecule has 2 bridgehead atoms. The van der Waals surface area contributed by atoms with Crippen LogP contribution in [0.1, 0.15) is 37.0 Å². The number of thiophene rings is 1. The molecule has 3 aromatic carbocycles. The number of piperazine rings is 1. The monoisotopic (exact) mass is 536 g/mol. The molecule has 4 heterocycles. The molecule has 0 N–H and O–H groups in total. The normalized spacial score (nSPS) is 20.1. The second-order valence-corrected chi connectivity index (χ2v) is 10.2. The Hall–Kier alpha value is -2.25. The molecule has 0 unspecified atom stereocenters. The van der Waals surface area contributed by atoms with E-state index in [-0.39, 0.29) is 40.2 Å². The number of anilines is 1. The first-order chi connectivity index (χ1) is 16.3. The number of benzene rings is 3. The first-order valence-electron chi connectivity index (χ1n) is 11.9. The predicted molar refractivity (Wildman–Crippen MR) is 167 cm³/mol. The van der Waals surface area contributed by atoms with Crippen molar-refractivity contribution in [3.05, 3.63) is 89.8 Å². The highest BCUT2D eigenvalue weighted by Crippen LogP contribution is 2.31. The third-order valence-electron chi connectivity index (χ3n) is 7.27. The maximum Gasteiger partial charge on any atom is 0.165 e. The van der Waals surface area contributed by atoms with Gasteiger partial charge < -0.3 is 4.90 Å². The lowest BCUT2D eigenvalue weighted by molar-refractivity contribution is 0.0928. The van der Waals surface area contributed by atoms with E-state index in [1.54, 1.807) is 11.3 Å². The van der Waals surface area contributed by atoms with Crippen LogP contribution in [0.5, 0.6) is 0 Å². The van der Waals surface area contributed by atoms with Crippen LogP contribution in [0, 0.1) is 0 Å². The van der Waals surface area contributed by atoms with E-state index in [0.29, 0.717) is 18.5 Å². The van der Waals surface area contributed by atoms with Crippen molar-refractivity contribution < 1.29 is 4.79 Å². The molecule has 0 aliphatic carbocycles. The average Bonchev–Trinajstić information content (AvgIpc) is 3.27. The fraction of sp³-hybridized carbons (Fsp3) is 0.300. The Morgan fingerprint density at radius 3 is 2.42 bits per heavy atom. The maximum atomic E-state index is 13.1. The summed E-state index contributed by atoms with van der Waals surface area (Å²) in [6, 6.07) is 24.6. The second-order valence-electron chi connectivity index (χ2n) is 9.25. The van der Waals surface area contributed by atoms with Crippen molar-refractivity contribution in [3.8, 4) is 0 Å². The standard InChI is InChI=1S/C29H28N2OS.CH4.2H2S/c32-28(27-20-33-29-12-6-5-11-26(27)29)15-16-30-18-25-10-4-3-9-24(30)19-31(25)23-14-13-21-7-1-2-8-22(21)17-23;;;/h1-8,11-14,17,20,24-25H,9-10,15-16,18-19H2;1H4;2*1H2/b4-3-;;;/t24-,25-;;;/m0.../s1. The minimum absolute atomic E-state index is 0. The van der Waals surface area contributed by atoms with E-state index in [2.05, 4.69) is 76.5 Å². The van der Waals surface area contributed by atoms with Gasteiger partial charge in [0.1, 0.15) is 0 Å². The maximum absolute atomic E-state index is 13.1. The molecular formula is C30H36N2OS3. The number of hydrogen-bond acceptors (Lipinski definition) is 4. The van der Waals surface area contributed by atoms with Crippen LogP contribution in [0.15, 0.2) is 84.3 Å². The van der Waals surface area contributed by atoms with Crippen molar-refractivity contribution in [3.63, 3.8) is 0 Å². The molecule has 6 heteroatoms. The summed E-state index contributed by atoms with van der Waals surface area (Å²) < 4.78 is 1.20. The minimum Gasteiger partial charge on any atom is -0.365 e. The topological polar surface area (TPSA) is 23.6 Å². The molecule has 7 rings (SSSR count). The number of Topliss-reactive ketones (excluding diaryl/α,β-unsaturated/α-hetero) is 1. The van der Waals surface area contributed by atoms with Gasteiger partial charge in [0.15, 0.2) is 5.78 Å².